The van der Waals surface area contributed by atoms with Crippen molar-refractivity contribution in [2.75, 3.05) is 0 Å². The van der Waals surface area contributed by atoms with Gasteiger partial charge in [-0.25, -0.2) is 0 Å². The van der Waals surface area contributed by atoms with Crippen LogP contribution in [0.3, 0.4) is 0 Å². The number of carbonyl (C=O) groups is 2. The summed E-state index contributed by atoms with van der Waals surface area (Å²) in [6.45, 7) is 0. The van der Waals surface area contributed by atoms with Gasteiger partial charge >= 0.3 is 0 Å². The Bertz CT molecular complexity index is 261. The van der Waals surface area contributed by atoms with Gasteiger partial charge in [0.05, 0.1) is 5.69 Å². The molecule has 62 valence electrons. The second-order valence-corrected chi connectivity index (χ2v) is 2.15. The molecule has 4 heteroatoms. The lowest BCUT2D eigenvalue weighted by molar-refractivity contribution is -0.115. The monoisotopic (exact) mass is 164 g/mol. The minimum Gasteiger partial charge on any atom is -0.344 e. The summed E-state index contributed by atoms with van der Waals surface area (Å²) in [5.74, 6) is 0. The number of pyridine rings is 1. The van der Waals surface area contributed by atoms with E-state index in [-0.39, 0.29) is 0 Å². The summed E-state index contributed by atoms with van der Waals surface area (Å²) in [7, 11) is 0. The van der Waals surface area contributed by atoms with E-state index in [0.29, 0.717) is 18.4 Å². The first-order valence-corrected chi connectivity index (χ1v) is 3.44. The summed E-state index contributed by atoms with van der Waals surface area (Å²) in [6.07, 6.45) is 2.68. The van der Waals surface area contributed by atoms with Crippen molar-refractivity contribution in [1.82, 2.24) is 10.3 Å². The molecule has 0 saturated heterocycles. The van der Waals surface area contributed by atoms with E-state index in [4.69, 9.17) is 0 Å². The molecule has 1 N–H and O–H groups in total. The van der Waals surface area contributed by atoms with Gasteiger partial charge in [-0.2, -0.15) is 0 Å². The minimum absolute atomic E-state index is 0.480. The fourth-order valence-electron chi connectivity index (χ4n) is 0.828. The molecule has 0 aliphatic heterocycles. The summed E-state index contributed by atoms with van der Waals surface area (Å²) in [5, 5.41) is 2.34. The predicted octanol–water partition coefficient (Wildman–Crippen LogP) is 0.0676. The number of hydrogen-bond donors (Lipinski definition) is 1. The average Bonchev–Trinajstić information content (AvgIpc) is 2.15. The summed E-state index contributed by atoms with van der Waals surface area (Å²) in [6, 6.07) is 4.54. The first-order chi connectivity index (χ1) is 5.88. The van der Waals surface area contributed by atoms with Crippen LogP contribution in [-0.2, 0) is 9.59 Å². The fourth-order valence-corrected chi connectivity index (χ4v) is 0.828. The molecule has 1 amide bonds. The molecule has 1 atom stereocenters. The van der Waals surface area contributed by atoms with E-state index in [0.717, 1.165) is 0 Å². The van der Waals surface area contributed by atoms with Crippen LogP contribution in [0.25, 0.3) is 0 Å². The van der Waals surface area contributed by atoms with E-state index >= 15 is 0 Å². The van der Waals surface area contributed by atoms with Crippen molar-refractivity contribution in [2.24, 2.45) is 0 Å². The minimum atomic E-state index is -0.635. The Labute approximate surface area is 69.6 Å². The molecule has 0 spiro atoms. The van der Waals surface area contributed by atoms with Gasteiger partial charge in [0.1, 0.15) is 12.3 Å². The highest BCUT2D eigenvalue weighted by Crippen LogP contribution is 2.04. The maximum absolute atomic E-state index is 10.4. The number of amides is 1. The number of carbonyl (C=O) groups excluding carboxylic acids is 2. The van der Waals surface area contributed by atoms with Gasteiger partial charge < -0.3 is 10.1 Å². The van der Waals surface area contributed by atoms with Gasteiger partial charge in [0, 0.05) is 6.20 Å². The largest absolute Gasteiger partial charge is 0.344 e. The van der Waals surface area contributed by atoms with Gasteiger partial charge in [-0.3, -0.25) is 9.78 Å². The van der Waals surface area contributed by atoms with Gasteiger partial charge in [-0.15, -0.1) is 0 Å². The molecule has 0 aliphatic rings. The molecule has 1 heterocycles. The standard InChI is InChI=1S/C8H8N2O2/c11-5-8(10-6-12)7-3-1-2-4-9-7/h1-6,8H,(H,10,12). The van der Waals surface area contributed by atoms with Crippen molar-refractivity contribution >= 4 is 12.7 Å². The zero-order valence-corrected chi connectivity index (χ0v) is 6.31. The van der Waals surface area contributed by atoms with Crippen LogP contribution in [0.1, 0.15) is 11.7 Å². The second-order valence-electron chi connectivity index (χ2n) is 2.15. The fraction of sp³-hybridized carbons (Fsp3) is 0.125. The molecule has 0 aliphatic carbocycles. The highest BCUT2D eigenvalue weighted by atomic mass is 16.1. The Morgan fingerprint density at radius 2 is 2.25 bits per heavy atom. The molecule has 0 bridgehead atoms. The van der Waals surface area contributed by atoms with Gasteiger partial charge in [0.25, 0.3) is 0 Å². The van der Waals surface area contributed by atoms with Gasteiger partial charge in [-0.05, 0) is 12.1 Å². The molecule has 0 aromatic carbocycles. The molecule has 4 nitrogen and oxygen atoms in total. The van der Waals surface area contributed by atoms with Crippen LogP contribution in [0.4, 0.5) is 0 Å². The van der Waals surface area contributed by atoms with E-state index in [2.05, 4.69) is 10.3 Å². The average molecular weight is 164 g/mol. The molecule has 0 fully saturated rings. The number of aromatic nitrogens is 1. The van der Waals surface area contributed by atoms with Crippen molar-refractivity contribution in [3.63, 3.8) is 0 Å². The van der Waals surface area contributed by atoms with Crippen LogP contribution >= 0.6 is 0 Å². The quantitative estimate of drug-likeness (QED) is 0.640. The third kappa shape index (κ3) is 1.88. The van der Waals surface area contributed by atoms with Crippen molar-refractivity contribution in [3.05, 3.63) is 30.1 Å². The number of hydrogen-bond acceptors (Lipinski definition) is 3. The van der Waals surface area contributed by atoms with Crippen LogP contribution < -0.4 is 5.32 Å². The highest BCUT2D eigenvalue weighted by Gasteiger charge is 2.08. The van der Waals surface area contributed by atoms with Crippen LogP contribution in [-0.4, -0.2) is 17.7 Å². The lowest BCUT2D eigenvalue weighted by Crippen LogP contribution is -2.21. The zero-order chi connectivity index (χ0) is 8.81. The van der Waals surface area contributed by atoms with Crippen LogP contribution in [0.5, 0.6) is 0 Å². The maximum Gasteiger partial charge on any atom is 0.208 e. The van der Waals surface area contributed by atoms with Crippen LogP contribution in [0, 0.1) is 0 Å². The number of nitrogens with one attached hydrogen (secondary N) is 1. The second kappa shape index (κ2) is 4.23. The van der Waals surface area contributed by atoms with Crippen molar-refractivity contribution in [2.45, 2.75) is 6.04 Å². The topological polar surface area (TPSA) is 59.1 Å². The van der Waals surface area contributed by atoms with E-state index in [9.17, 15) is 9.59 Å². The maximum atomic E-state index is 10.4. The number of nitrogens with zero attached hydrogens (tertiary/aromatic N) is 1. The Morgan fingerprint density at radius 3 is 2.75 bits per heavy atom. The lowest BCUT2D eigenvalue weighted by atomic mass is 10.2. The third-order valence-electron chi connectivity index (χ3n) is 1.39. The third-order valence-corrected chi connectivity index (χ3v) is 1.39. The smallest absolute Gasteiger partial charge is 0.208 e. The predicted molar refractivity (Wildman–Crippen MR) is 42.2 cm³/mol. The Hall–Kier alpha value is -1.71. The first-order valence-electron chi connectivity index (χ1n) is 3.44. The van der Waals surface area contributed by atoms with Crippen LogP contribution in [0.15, 0.2) is 24.4 Å². The molecule has 1 aromatic rings. The van der Waals surface area contributed by atoms with Gasteiger partial charge in [0.2, 0.25) is 6.41 Å². The van der Waals surface area contributed by atoms with Gasteiger partial charge in [0.15, 0.2) is 0 Å². The van der Waals surface area contributed by atoms with E-state index in [1.807, 2.05) is 0 Å². The summed E-state index contributed by atoms with van der Waals surface area (Å²) >= 11 is 0. The summed E-state index contributed by atoms with van der Waals surface area (Å²) in [5.41, 5.74) is 0.541. The van der Waals surface area contributed by atoms with Crippen molar-refractivity contribution in [3.8, 4) is 0 Å². The van der Waals surface area contributed by atoms with Crippen molar-refractivity contribution in [1.29, 1.82) is 0 Å². The summed E-state index contributed by atoms with van der Waals surface area (Å²) in [4.78, 5) is 24.4. The SMILES string of the molecule is O=CNC(C=O)c1ccccn1. The normalized spacial score (nSPS) is 11.7. The molecule has 1 unspecified atom stereocenters. The molecule has 12 heavy (non-hydrogen) atoms. The Kier molecular flexibility index (Phi) is 2.95. The van der Waals surface area contributed by atoms with E-state index < -0.39 is 6.04 Å². The van der Waals surface area contributed by atoms with E-state index in [1.165, 1.54) is 0 Å². The van der Waals surface area contributed by atoms with Crippen LogP contribution in [0.2, 0.25) is 0 Å². The number of rotatable bonds is 4. The van der Waals surface area contributed by atoms with Crippen molar-refractivity contribution < 1.29 is 9.59 Å². The molecular weight excluding hydrogens is 156 g/mol. The molecule has 0 radical (unpaired) electrons. The molecular formula is C8H8N2O2. The first kappa shape index (κ1) is 8.39. The van der Waals surface area contributed by atoms with E-state index in [1.54, 1.807) is 24.4 Å². The molecule has 1 rings (SSSR count). The highest BCUT2D eigenvalue weighted by molar-refractivity contribution is 5.65. The Balaban J connectivity index is 2.79. The Morgan fingerprint density at radius 1 is 1.42 bits per heavy atom. The molecule has 0 saturated carbocycles. The number of aldehydes is 1. The van der Waals surface area contributed by atoms with Gasteiger partial charge in [-0.1, -0.05) is 6.07 Å². The lowest BCUT2D eigenvalue weighted by Gasteiger charge is -2.06. The summed E-state index contributed by atoms with van der Waals surface area (Å²) < 4.78 is 0. The molecule has 1 aromatic heterocycles. The zero-order valence-electron chi connectivity index (χ0n) is 6.31.